The molecule has 0 bridgehead atoms. The highest BCUT2D eigenvalue weighted by Crippen LogP contribution is 2.47. The van der Waals surface area contributed by atoms with Crippen LogP contribution >= 0.6 is 0 Å². The molecule has 1 atom stereocenters. The van der Waals surface area contributed by atoms with Gasteiger partial charge in [0.1, 0.15) is 11.9 Å². The Hall–Kier alpha value is -2.30. The van der Waals surface area contributed by atoms with Crippen molar-refractivity contribution >= 4 is 5.91 Å². The number of hydrogen-bond donors (Lipinski definition) is 0. The topological polar surface area (TPSA) is 20.3 Å². The van der Waals surface area contributed by atoms with E-state index in [1.165, 1.54) is 12.1 Å². The van der Waals surface area contributed by atoms with Crippen LogP contribution in [-0.4, -0.2) is 16.7 Å². The normalized spacial score (nSPS) is 20.2. The number of carbonyl (C=O) groups is 1. The maximum absolute atomic E-state index is 13.9. The minimum atomic E-state index is -3.44. The summed E-state index contributed by atoms with van der Waals surface area (Å²) in [6.07, 6.45) is 0. The minimum Gasteiger partial charge on any atom is -0.319 e. The van der Waals surface area contributed by atoms with Crippen LogP contribution in [0.25, 0.3) is 0 Å². The third-order valence-electron chi connectivity index (χ3n) is 3.58. The summed E-state index contributed by atoms with van der Waals surface area (Å²) in [6.45, 7) is 0.108. The zero-order valence-corrected chi connectivity index (χ0v) is 11.0. The van der Waals surface area contributed by atoms with Gasteiger partial charge in [-0.2, -0.15) is 8.78 Å². The van der Waals surface area contributed by atoms with Crippen molar-refractivity contribution in [3.05, 3.63) is 71.5 Å². The van der Waals surface area contributed by atoms with Gasteiger partial charge >= 0.3 is 5.92 Å². The Bertz CT molecular complexity index is 655. The lowest BCUT2D eigenvalue weighted by Gasteiger charge is -2.46. The van der Waals surface area contributed by atoms with E-state index in [2.05, 4.69) is 0 Å². The van der Waals surface area contributed by atoms with Crippen LogP contribution in [0.2, 0.25) is 0 Å². The van der Waals surface area contributed by atoms with Gasteiger partial charge in [-0.3, -0.25) is 4.79 Å². The van der Waals surface area contributed by atoms with Gasteiger partial charge in [-0.05, 0) is 23.3 Å². The number of nitrogens with zero attached hydrogens (tertiary/aromatic N) is 1. The SMILES string of the molecule is O=C1N(Cc2ccccc2)[C@H](c2ccc(F)cc2)C1(F)F. The van der Waals surface area contributed by atoms with E-state index >= 15 is 0 Å². The minimum absolute atomic E-state index is 0.108. The molecule has 3 rings (SSSR count). The van der Waals surface area contributed by atoms with Crippen molar-refractivity contribution in [2.45, 2.75) is 18.5 Å². The number of halogens is 3. The summed E-state index contributed by atoms with van der Waals surface area (Å²) in [5.41, 5.74) is 1.00. The summed E-state index contributed by atoms with van der Waals surface area (Å²) in [5.74, 6) is -5.13. The molecule has 0 aliphatic carbocycles. The van der Waals surface area contributed by atoms with Gasteiger partial charge in [-0.25, -0.2) is 4.39 Å². The molecule has 1 amide bonds. The molecule has 1 heterocycles. The molecule has 1 aliphatic rings. The molecule has 0 unspecified atom stereocenters. The van der Waals surface area contributed by atoms with Crippen molar-refractivity contribution < 1.29 is 18.0 Å². The van der Waals surface area contributed by atoms with Gasteiger partial charge < -0.3 is 4.90 Å². The van der Waals surface area contributed by atoms with Gasteiger partial charge in [0.25, 0.3) is 5.91 Å². The first kappa shape index (κ1) is 13.7. The molecule has 0 radical (unpaired) electrons. The average Bonchev–Trinajstić information content (AvgIpc) is 2.49. The molecule has 2 aromatic rings. The van der Waals surface area contributed by atoms with Crippen LogP contribution in [0.4, 0.5) is 13.2 Å². The van der Waals surface area contributed by atoms with Crippen molar-refractivity contribution in [2.75, 3.05) is 0 Å². The quantitative estimate of drug-likeness (QED) is 0.792. The van der Waals surface area contributed by atoms with Gasteiger partial charge in [0.15, 0.2) is 0 Å². The van der Waals surface area contributed by atoms with Crippen molar-refractivity contribution in [3.63, 3.8) is 0 Å². The fourth-order valence-corrected chi connectivity index (χ4v) is 2.53. The number of likely N-dealkylation sites (tertiary alicyclic amines) is 1. The third kappa shape index (κ3) is 2.28. The second-order valence-corrected chi connectivity index (χ2v) is 5.00. The number of carbonyl (C=O) groups excluding carboxylic acids is 1. The standard InChI is InChI=1S/C16H12F3NO/c17-13-8-6-12(7-9-13)14-16(18,19)15(21)20(14)10-11-4-2-1-3-5-11/h1-9,14H,10H2/t14-/m1/s1. The first-order valence-electron chi connectivity index (χ1n) is 6.48. The summed E-state index contributed by atoms with van der Waals surface area (Å²) in [4.78, 5) is 12.8. The number of benzene rings is 2. The van der Waals surface area contributed by atoms with Crippen molar-refractivity contribution in [3.8, 4) is 0 Å². The molecule has 1 fully saturated rings. The predicted molar refractivity (Wildman–Crippen MR) is 71.1 cm³/mol. The molecule has 1 saturated heterocycles. The lowest BCUT2D eigenvalue weighted by molar-refractivity contribution is -0.207. The zero-order chi connectivity index (χ0) is 15.0. The second-order valence-electron chi connectivity index (χ2n) is 5.00. The van der Waals surface area contributed by atoms with E-state index in [4.69, 9.17) is 0 Å². The highest BCUT2D eigenvalue weighted by Gasteiger charge is 2.63. The molecule has 0 spiro atoms. The number of hydrogen-bond acceptors (Lipinski definition) is 1. The molecule has 0 aromatic heterocycles. The van der Waals surface area contributed by atoms with Crippen molar-refractivity contribution in [1.82, 2.24) is 4.90 Å². The van der Waals surface area contributed by atoms with E-state index in [1.807, 2.05) is 6.07 Å². The molecular formula is C16H12F3NO. The van der Waals surface area contributed by atoms with E-state index in [-0.39, 0.29) is 12.1 Å². The summed E-state index contributed by atoms with van der Waals surface area (Å²) in [6, 6.07) is 12.4. The summed E-state index contributed by atoms with van der Waals surface area (Å²) < 4.78 is 40.6. The van der Waals surface area contributed by atoms with Gasteiger partial charge in [0, 0.05) is 6.54 Å². The fourth-order valence-electron chi connectivity index (χ4n) is 2.53. The van der Waals surface area contributed by atoms with Crippen LogP contribution in [0.15, 0.2) is 54.6 Å². The van der Waals surface area contributed by atoms with E-state index in [1.54, 1.807) is 24.3 Å². The van der Waals surface area contributed by atoms with Crippen LogP contribution in [0, 0.1) is 5.82 Å². The van der Waals surface area contributed by atoms with Crippen molar-refractivity contribution in [1.29, 1.82) is 0 Å². The Morgan fingerprint density at radius 3 is 2.24 bits per heavy atom. The van der Waals surface area contributed by atoms with Gasteiger partial charge in [-0.1, -0.05) is 42.5 Å². The summed E-state index contributed by atoms with van der Waals surface area (Å²) >= 11 is 0. The van der Waals surface area contributed by atoms with Crippen LogP contribution in [0.5, 0.6) is 0 Å². The predicted octanol–water partition coefficient (Wildman–Crippen LogP) is 3.54. The summed E-state index contributed by atoms with van der Waals surface area (Å²) in [5, 5.41) is 0. The first-order valence-corrected chi connectivity index (χ1v) is 6.48. The number of alkyl halides is 2. The monoisotopic (exact) mass is 291 g/mol. The van der Waals surface area contributed by atoms with Gasteiger partial charge in [0.2, 0.25) is 0 Å². The van der Waals surface area contributed by atoms with Crippen LogP contribution in [0.1, 0.15) is 17.2 Å². The largest absolute Gasteiger partial charge is 0.348 e. The average molecular weight is 291 g/mol. The van der Waals surface area contributed by atoms with Crippen LogP contribution in [0.3, 0.4) is 0 Å². The molecule has 108 valence electrons. The third-order valence-corrected chi connectivity index (χ3v) is 3.58. The van der Waals surface area contributed by atoms with Crippen LogP contribution in [-0.2, 0) is 11.3 Å². The first-order chi connectivity index (χ1) is 10.00. The number of rotatable bonds is 3. The molecule has 5 heteroatoms. The fraction of sp³-hybridized carbons (Fsp3) is 0.188. The lowest BCUT2D eigenvalue weighted by atomic mass is 9.89. The number of amides is 1. The zero-order valence-electron chi connectivity index (χ0n) is 11.0. The van der Waals surface area contributed by atoms with Crippen LogP contribution < -0.4 is 0 Å². The summed E-state index contributed by atoms with van der Waals surface area (Å²) in [7, 11) is 0. The lowest BCUT2D eigenvalue weighted by Crippen LogP contribution is -2.63. The Labute approximate surface area is 119 Å². The van der Waals surface area contributed by atoms with Gasteiger partial charge in [-0.15, -0.1) is 0 Å². The van der Waals surface area contributed by atoms with E-state index in [0.29, 0.717) is 0 Å². The maximum atomic E-state index is 13.9. The molecule has 0 saturated carbocycles. The molecule has 2 nitrogen and oxygen atoms in total. The highest BCUT2D eigenvalue weighted by atomic mass is 19.3. The van der Waals surface area contributed by atoms with E-state index in [0.717, 1.165) is 22.6 Å². The number of β-lactam (4-membered cyclic amide) rings is 1. The molecule has 21 heavy (non-hydrogen) atoms. The Morgan fingerprint density at radius 1 is 1.00 bits per heavy atom. The molecule has 2 aromatic carbocycles. The van der Waals surface area contributed by atoms with E-state index < -0.39 is 23.7 Å². The smallest absolute Gasteiger partial charge is 0.319 e. The molecular weight excluding hydrogens is 279 g/mol. The molecule has 1 aliphatic heterocycles. The Morgan fingerprint density at radius 2 is 1.62 bits per heavy atom. The van der Waals surface area contributed by atoms with Gasteiger partial charge in [0.05, 0.1) is 0 Å². The maximum Gasteiger partial charge on any atom is 0.348 e. The van der Waals surface area contributed by atoms with E-state index in [9.17, 15) is 18.0 Å². The molecule has 0 N–H and O–H groups in total. The Kier molecular flexibility index (Phi) is 3.20. The highest BCUT2D eigenvalue weighted by molar-refractivity contribution is 5.91. The Balaban J connectivity index is 1.89. The van der Waals surface area contributed by atoms with Crippen molar-refractivity contribution in [2.24, 2.45) is 0 Å². The second kappa shape index (κ2) is 4.91.